The first-order chi connectivity index (χ1) is 8.60. The van der Waals surface area contributed by atoms with Crippen molar-refractivity contribution in [2.75, 3.05) is 19.9 Å². The van der Waals surface area contributed by atoms with E-state index in [0.29, 0.717) is 22.6 Å². The summed E-state index contributed by atoms with van der Waals surface area (Å²) in [7, 11) is 0. The zero-order valence-electron chi connectivity index (χ0n) is 9.91. The van der Waals surface area contributed by atoms with E-state index in [2.05, 4.69) is 15.9 Å². The van der Waals surface area contributed by atoms with Crippen LogP contribution in [-0.4, -0.2) is 31.0 Å². The summed E-state index contributed by atoms with van der Waals surface area (Å²) in [5.41, 5.74) is 0.100. The van der Waals surface area contributed by atoms with E-state index in [1.54, 1.807) is 6.92 Å². The van der Waals surface area contributed by atoms with E-state index < -0.39 is 12.6 Å². The van der Waals surface area contributed by atoms with Gasteiger partial charge in [-0.15, -0.1) is 0 Å². The third-order valence-corrected chi connectivity index (χ3v) is 2.67. The molecule has 1 rings (SSSR count). The second-order valence-electron chi connectivity index (χ2n) is 3.41. The summed E-state index contributed by atoms with van der Waals surface area (Å²) < 4.78 is 23.2. The Morgan fingerprint density at radius 2 is 2.17 bits per heavy atom. The van der Waals surface area contributed by atoms with Crippen molar-refractivity contribution in [3.05, 3.63) is 22.2 Å². The van der Waals surface area contributed by atoms with Crippen LogP contribution in [0.15, 0.2) is 16.6 Å². The van der Waals surface area contributed by atoms with Crippen molar-refractivity contribution >= 4 is 21.9 Å². The van der Waals surface area contributed by atoms with E-state index in [1.807, 2.05) is 0 Å². The summed E-state index contributed by atoms with van der Waals surface area (Å²) in [6, 6.07) is 2.82. The summed E-state index contributed by atoms with van der Waals surface area (Å²) in [4.78, 5) is 10.9. The Morgan fingerprint density at radius 3 is 2.72 bits per heavy atom. The highest BCUT2D eigenvalue weighted by Crippen LogP contribution is 2.37. The van der Waals surface area contributed by atoms with Gasteiger partial charge >= 0.3 is 5.97 Å². The third-order valence-electron chi connectivity index (χ3n) is 2.08. The van der Waals surface area contributed by atoms with Crippen LogP contribution in [0.2, 0.25) is 0 Å². The number of aromatic carboxylic acids is 1. The van der Waals surface area contributed by atoms with Gasteiger partial charge in [0.1, 0.15) is 0 Å². The van der Waals surface area contributed by atoms with E-state index >= 15 is 0 Å². The van der Waals surface area contributed by atoms with Crippen LogP contribution in [-0.2, 0) is 0 Å². The highest BCUT2D eigenvalue weighted by molar-refractivity contribution is 9.10. The maximum absolute atomic E-state index is 12.0. The monoisotopic (exact) mass is 320 g/mol. The molecule has 1 aromatic rings. The normalized spacial score (nSPS) is 10.2. The Bertz CT molecular complexity index is 423. The number of hydrogen-bond acceptors (Lipinski definition) is 3. The van der Waals surface area contributed by atoms with Crippen LogP contribution in [0.5, 0.6) is 11.5 Å². The first-order valence-electron chi connectivity index (χ1n) is 5.48. The van der Waals surface area contributed by atoms with Crippen molar-refractivity contribution in [2.45, 2.75) is 13.3 Å². The predicted molar refractivity (Wildman–Crippen MR) is 68.4 cm³/mol. The summed E-state index contributed by atoms with van der Waals surface area (Å²) >= 11 is 3.23. The standard InChI is InChI=1S/C12H14BrFO4/c1-2-17-10-7-8(12(15)16)6-9(13)11(10)18-5-3-4-14/h6-7H,2-5H2,1H3,(H,15,16). The number of carbonyl (C=O) groups is 1. The zero-order valence-corrected chi connectivity index (χ0v) is 11.5. The lowest BCUT2D eigenvalue weighted by atomic mass is 10.2. The highest BCUT2D eigenvalue weighted by Gasteiger charge is 2.15. The summed E-state index contributed by atoms with van der Waals surface area (Å²) in [6.07, 6.45) is 0.276. The molecule has 100 valence electrons. The molecule has 1 aromatic carbocycles. The van der Waals surface area contributed by atoms with Gasteiger partial charge in [-0.3, -0.25) is 4.39 Å². The van der Waals surface area contributed by atoms with Gasteiger partial charge in [-0.25, -0.2) is 4.79 Å². The number of benzene rings is 1. The minimum absolute atomic E-state index is 0.100. The minimum Gasteiger partial charge on any atom is -0.490 e. The first kappa shape index (κ1) is 14.8. The van der Waals surface area contributed by atoms with Crippen molar-refractivity contribution < 1.29 is 23.8 Å². The number of carboxylic acids is 1. The topological polar surface area (TPSA) is 55.8 Å². The van der Waals surface area contributed by atoms with Gasteiger partial charge in [0.25, 0.3) is 0 Å². The van der Waals surface area contributed by atoms with Crippen LogP contribution in [0.25, 0.3) is 0 Å². The van der Waals surface area contributed by atoms with Gasteiger partial charge in [-0.1, -0.05) is 0 Å². The van der Waals surface area contributed by atoms with E-state index in [1.165, 1.54) is 12.1 Å². The van der Waals surface area contributed by atoms with Crippen LogP contribution < -0.4 is 9.47 Å². The molecule has 0 aliphatic carbocycles. The Balaban J connectivity index is 3.02. The third kappa shape index (κ3) is 3.87. The molecule has 0 heterocycles. The van der Waals surface area contributed by atoms with Crippen molar-refractivity contribution in [1.29, 1.82) is 0 Å². The average molecular weight is 321 g/mol. The van der Waals surface area contributed by atoms with Gasteiger partial charge < -0.3 is 14.6 Å². The second kappa shape index (κ2) is 7.20. The fourth-order valence-corrected chi connectivity index (χ4v) is 1.88. The zero-order chi connectivity index (χ0) is 13.5. The van der Waals surface area contributed by atoms with E-state index in [4.69, 9.17) is 14.6 Å². The number of alkyl halides is 1. The predicted octanol–water partition coefficient (Wildman–Crippen LogP) is 3.28. The molecule has 0 aliphatic heterocycles. The molecule has 1 N–H and O–H groups in total. The lowest BCUT2D eigenvalue weighted by Gasteiger charge is -2.14. The molecule has 0 bridgehead atoms. The Hall–Kier alpha value is -1.30. The molecular formula is C12H14BrFO4. The van der Waals surface area contributed by atoms with Crippen LogP contribution >= 0.6 is 15.9 Å². The van der Waals surface area contributed by atoms with E-state index in [0.717, 1.165) is 0 Å². The molecule has 0 aromatic heterocycles. The molecule has 0 spiro atoms. The average Bonchev–Trinajstić information content (AvgIpc) is 2.32. The lowest BCUT2D eigenvalue weighted by Crippen LogP contribution is -2.05. The minimum atomic E-state index is -1.05. The molecule has 4 nitrogen and oxygen atoms in total. The van der Waals surface area contributed by atoms with Crippen molar-refractivity contribution in [3.63, 3.8) is 0 Å². The highest BCUT2D eigenvalue weighted by atomic mass is 79.9. The molecule has 0 aliphatic rings. The Labute approximate surface area is 113 Å². The molecule has 18 heavy (non-hydrogen) atoms. The largest absolute Gasteiger partial charge is 0.490 e. The molecule has 0 amide bonds. The molecule has 0 fully saturated rings. The van der Waals surface area contributed by atoms with Gasteiger partial charge in [0.15, 0.2) is 11.5 Å². The van der Waals surface area contributed by atoms with E-state index in [-0.39, 0.29) is 18.6 Å². The fraction of sp³-hybridized carbons (Fsp3) is 0.417. The maximum atomic E-state index is 12.0. The van der Waals surface area contributed by atoms with Crippen LogP contribution in [0, 0.1) is 0 Å². The molecule has 6 heteroatoms. The first-order valence-corrected chi connectivity index (χ1v) is 6.27. The Morgan fingerprint density at radius 1 is 1.44 bits per heavy atom. The van der Waals surface area contributed by atoms with E-state index in [9.17, 15) is 9.18 Å². The SMILES string of the molecule is CCOc1cc(C(=O)O)cc(Br)c1OCCCF. The van der Waals surface area contributed by atoms with Crippen LogP contribution in [0.1, 0.15) is 23.7 Å². The van der Waals surface area contributed by atoms with Gasteiger partial charge in [0, 0.05) is 6.42 Å². The van der Waals surface area contributed by atoms with Gasteiger partial charge in [-0.05, 0) is 35.0 Å². The molecule has 0 unspecified atom stereocenters. The number of carboxylic acid groups (broad SMARTS) is 1. The van der Waals surface area contributed by atoms with Gasteiger partial charge in [0.2, 0.25) is 0 Å². The number of ether oxygens (including phenoxy) is 2. The smallest absolute Gasteiger partial charge is 0.335 e. The van der Waals surface area contributed by atoms with Crippen molar-refractivity contribution in [1.82, 2.24) is 0 Å². The lowest BCUT2D eigenvalue weighted by molar-refractivity contribution is 0.0696. The number of hydrogen-bond donors (Lipinski definition) is 1. The summed E-state index contributed by atoms with van der Waals surface area (Å²) in [5, 5.41) is 8.94. The van der Waals surface area contributed by atoms with Gasteiger partial charge in [0.05, 0.1) is 29.9 Å². The van der Waals surface area contributed by atoms with Crippen molar-refractivity contribution in [3.8, 4) is 11.5 Å². The van der Waals surface area contributed by atoms with Crippen LogP contribution in [0.3, 0.4) is 0 Å². The summed E-state index contributed by atoms with van der Waals surface area (Å²) in [5.74, 6) is -0.314. The van der Waals surface area contributed by atoms with Gasteiger partial charge in [-0.2, -0.15) is 0 Å². The number of rotatable bonds is 7. The quantitative estimate of drug-likeness (QED) is 0.783. The van der Waals surface area contributed by atoms with Crippen molar-refractivity contribution in [2.24, 2.45) is 0 Å². The number of halogens is 2. The molecule has 0 saturated heterocycles. The fourth-order valence-electron chi connectivity index (χ4n) is 1.32. The molecule has 0 atom stereocenters. The second-order valence-corrected chi connectivity index (χ2v) is 4.27. The molecule has 0 saturated carbocycles. The summed E-state index contributed by atoms with van der Waals surface area (Å²) in [6.45, 7) is 1.91. The molecule has 0 radical (unpaired) electrons. The Kier molecular flexibility index (Phi) is 5.91. The maximum Gasteiger partial charge on any atom is 0.335 e. The molecular weight excluding hydrogens is 307 g/mol. The van der Waals surface area contributed by atoms with Crippen LogP contribution in [0.4, 0.5) is 4.39 Å².